The number of aryl methyl sites for hydroxylation is 2. The number of fused-ring (bicyclic) bond motifs is 1. The number of hydrogen-bond acceptors (Lipinski definition) is 5. The number of nitrogens with zero attached hydrogens (tertiary/aromatic N) is 2. The summed E-state index contributed by atoms with van der Waals surface area (Å²) >= 11 is 1.70. The number of carbonyl (C=O) groups excluding carboxylic acids is 2. The largest absolute Gasteiger partial charge is 0.455 e. The van der Waals surface area contributed by atoms with Gasteiger partial charge in [-0.1, -0.05) is 30.3 Å². The number of benzene rings is 2. The van der Waals surface area contributed by atoms with E-state index in [0.29, 0.717) is 13.1 Å². The smallest absolute Gasteiger partial charge is 0.310 e. The molecule has 0 saturated carbocycles. The standard InChI is InChI=1S/C24H26N2O3S/c1-16-9-10-18(12-17(16)2)13-23(28)29-15-22(27)26-11-5-6-19(14-26)24-25-20-7-3-4-8-21(20)30-24/h3-4,7-10,12,19H,5-6,11,13-15H2,1-2H3/t19-/m0/s1. The highest BCUT2D eigenvalue weighted by atomic mass is 32.1. The minimum absolute atomic E-state index is 0.130. The van der Waals surface area contributed by atoms with Gasteiger partial charge in [-0.05, 0) is 55.5 Å². The molecule has 1 amide bonds. The van der Waals surface area contributed by atoms with Crippen molar-refractivity contribution in [2.75, 3.05) is 19.7 Å². The van der Waals surface area contributed by atoms with Gasteiger partial charge in [0.1, 0.15) is 0 Å². The first-order valence-electron chi connectivity index (χ1n) is 10.3. The third kappa shape index (κ3) is 4.70. The van der Waals surface area contributed by atoms with Crippen molar-refractivity contribution in [1.82, 2.24) is 9.88 Å². The molecule has 0 unspecified atom stereocenters. The summed E-state index contributed by atoms with van der Waals surface area (Å²) in [5.74, 6) is -0.257. The fourth-order valence-electron chi connectivity index (χ4n) is 3.83. The van der Waals surface area contributed by atoms with Crippen LogP contribution in [0.25, 0.3) is 10.2 Å². The quantitative estimate of drug-likeness (QED) is 0.572. The van der Waals surface area contributed by atoms with Gasteiger partial charge in [0.2, 0.25) is 0 Å². The predicted molar refractivity (Wildman–Crippen MR) is 119 cm³/mol. The van der Waals surface area contributed by atoms with E-state index in [1.54, 1.807) is 11.3 Å². The second-order valence-corrected chi connectivity index (χ2v) is 9.02. The second kappa shape index (κ2) is 8.96. The Hall–Kier alpha value is -2.73. The molecule has 0 radical (unpaired) electrons. The third-order valence-corrected chi connectivity index (χ3v) is 6.91. The number of carbonyl (C=O) groups is 2. The van der Waals surface area contributed by atoms with Gasteiger partial charge in [-0.2, -0.15) is 0 Å². The summed E-state index contributed by atoms with van der Waals surface area (Å²) in [6.07, 6.45) is 2.14. The summed E-state index contributed by atoms with van der Waals surface area (Å²) in [4.78, 5) is 31.4. The number of rotatable bonds is 5. The SMILES string of the molecule is Cc1ccc(CC(=O)OCC(=O)N2CCC[C@H](c3nc4ccccc4s3)C2)cc1C. The Bertz CT molecular complexity index is 1040. The van der Waals surface area contributed by atoms with Crippen molar-refractivity contribution in [3.63, 3.8) is 0 Å². The first-order valence-corrected chi connectivity index (χ1v) is 11.2. The summed E-state index contributed by atoms with van der Waals surface area (Å²) in [6.45, 7) is 5.20. The highest BCUT2D eigenvalue weighted by Crippen LogP contribution is 2.32. The molecule has 30 heavy (non-hydrogen) atoms. The molecular weight excluding hydrogens is 396 g/mol. The first kappa shape index (κ1) is 20.5. The molecule has 0 spiro atoms. The topological polar surface area (TPSA) is 59.5 Å². The molecule has 1 atom stereocenters. The lowest BCUT2D eigenvalue weighted by Crippen LogP contribution is -2.41. The number of likely N-dealkylation sites (tertiary alicyclic amines) is 1. The van der Waals surface area contributed by atoms with Crippen LogP contribution in [0.5, 0.6) is 0 Å². The van der Waals surface area contributed by atoms with Gasteiger partial charge in [0.15, 0.2) is 6.61 Å². The van der Waals surface area contributed by atoms with E-state index in [0.717, 1.165) is 34.5 Å². The number of piperidine rings is 1. The molecule has 5 nitrogen and oxygen atoms in total. The molecule has 1 saturated heterocycles. The molecule has 0 N–H and O–H groups in total. The molecule has 1 fully saturated rings. The maximum atomic E-state index is 12.6. The van der Waals surface area contributed by atoms with Crippen molar-refractivity contribution in [3.8, 4) is 0 Å². The van der Waals surface area contributed by atoms with E-state index in [4.69, 9.17) is 9.72 Å². The molecule has 2 aromatic carbocycles. The lowest BCUT2D eigenvalue weighted by molar-refractivity contribution is -0.152. The molecule has 1 aromatic heterocycles. The molecule has 1 aliphatic heterocycles. The van der Waals surface area contributed by atoms with Crippen molar-refractivity contribution in [2.45, 2.75) is 39.0 Å². The summed E-state index contributed by atoms with van der Waals surface area (Å²) in [5.41, 5.74) is 4.26. The Morgan fingerprint density at radius 3 is 2.80 bits per heavy atom. The minimum atomic E-state index is -0.369. The Morgan fingerprint density at radius 1 is 1.17 bits per heavy atom. The van der Waals surface area contributed by atoms with Crippen LogP contribution < -0.4 is 0 Å². The van der Waals surface area contributed by atoms with Gasteiger partial charge in [0.05, 0.1) is 21.6 Å². The van der Waals surface area contributed by atoms with Crippen LogP contribution in [0.1, 0.15) is 40.5 Å². The Labute approximate surface area is 180 Å². The van der Waals surface area contributed by atoms with Gasteiger partial charge in [-0.25, -0.2) is 4.98 Å². The number of esters is 1. The normalized spacial score (nSPS) is 16.6. The van der Waals surface area contributed by atoms with Gasteiger partial charge in [0.25, 0.3) is 5.91 Å². The number of amides is 1. The maximum Gasteiger partial charge on any atom is 0.310 e. The average Bonchev–Trinajstić information content (AvgIpc) is 3.19. The summed E-state index contributed by atoms with van der Waals surface area (Å²) in [7, 11) is 0. The Kier molecular flexibility index (Phi) is 6.13. The van der Waals surface area contributed by atoms with E-state index in [2.05, 4.69) is 6.07 Å². The monoisotopic (exact) mass is 422 g/mol. The van der Waals surface area contributed by atoms with Gasteiger partial charge < -0.3 is 9.64 Å². The lowest BCUT2D eigenvalue weighted by atomic mass is 9.99. The van der Waals surface area contributed by atoms with Gasteiger partial charge in [-0.3, -0.25) is 9.59 Å². The molecule has 2 heterocycles. The van der Waals surface area contributed by atoms with Crippen LogP contribution in [0.3, 0.4) is 0 Å². The van der Waals surface area contributed by atoms with Crippen LogP contribution in [-0.4, -0.2) is 41.5 Å². The average molecular weight is 423 g/mol. The molecule has 1 aliphatic rings. The zero-order chi connectivity index (χ0) is 21.1. The molecule has 3 aromatic rings. The van der Waals surface area contributed by atoms with Crippen LogP contribution >= 0.6 is 11.3 Å². The Morgan fingerprint density at radius 2 is 2.00 bits per heavy atom. The summed E-state index contributed by atoms with van der Waals surface area (Å²) < 4.78 is 6.45. The fraction of sp³-hybridized carbons (Fsp3) is 0.375. The molecule has 6 heteroatoms. The van der Waals surface area contributed by atoms with E-state index in [-0.39, 0.29) is 30.8 Å². The molecule has 4 rings (SSSR count). The van der Waals surface area contributed by atoms with E-state index in [1.807, 2.05) is 55.1 Å². The molecule has 156 valence electrons. The highest BCUT2D eigenvalue weighted by molar-refractivity contribution is 7.18. The number of aromatic nitrogens is 1. The number of thiazole rings is 1. The van der Waals surface area contributed by atoms with Crippen LogP contribution in [0.2, 0.25) is 0 Å². The minimum Gasteiger partial charge on any atom is -0.455 e. The second-order valence-electron chi connectivity index (χ2n) is 7.95. The molecule has 0 bridgehead atoms. The van der Waals surface area contributed by atoms with Crippen molar-refractivity contribution >= 4 is 33.4 Å². The zero-order valence-electron chi connectivity index (χ0n) is 17.4. The van der Waals surface area contributed by atoms with Crippen LogP contribution in [0.15, 0.2) is 42.5 Å². The number of para-hydroxylation sites is 1. The van der Waals surface area contributed by atoms with Gasteiger partial charge in [0, 0.05) is 19.0 Å². The maximum absolute atomic E-state index is 12.6. The first-order chi connectivity index (χ1) is 14.5. The highest BCUT2D eigenvalue weighted by Gasteiger charge is 2.27. The zero-order valence-corrected chi connectivity index (χ0v) is 18.2. The third-order valence-electron chi connectivity index (χ3n) is 5.71. The van der Waals surface area contributed by atoms with E-state index >= 15 is 0 Å². The number of hydrogen-bond donors (Lipinski definition) is 0. The fourth-order valence-corrected chi connectivity index (χ4v) is 4.93. The van der Waals surface area contributed by atoms with Crippen molar-refractivity contribution in [3.05, 3.63) is 64.2 Å². The summed E-state index contributed by atoms with van der Waals surface area (Å²) in [6, 6.07) is 14.0. The van der Waals surface area contributed by atoms with Crippen LogP contribution in [-0.2, 0) is 20.7 Å². The Balaban J connectivity index is 1.31. The lowest BCUT2D eigenvalue weighted by Gasteiger charge is -2.31. The number of ether oxygens (including phenoxy) is 1. The molecule has 0 aliphatic carbocycles. The van der Waals surface area contributed by atoms with Crippen molar-refractivity contribution in [2.24, 2.45) is 0 Å². The summed E-state index contributed by atoms with van der Waals surface area (Å²) in [5, 5.41) is 1.08. The van der Waals surface area contributed by atoms with E-state index in [9.17, 15) is 9.59 Å². The van der Waals surface area contributed by atoms with Crippen molar-refractivity contribution < 1.29 is 14.3 Å². The van der Waals surface area contributed by atoms with Crippen molar-refractivity contribution in [1.29, 1.82) is 0 Å². The predicted octanol–water partition coefficient (Wildman–Crippen LogP) is 4.41. The molecular formula is C24H26N2O3S. The van der Waals surface area contributed by atoms with E-state index < -0.39 is 0 Å². The van der Waals surface area contributed by atoms with Gasteiger partial charge >= 0.3 is 5.97 Å². The van der Waals surface area contributed by atoms with Crippen LogP contribution in [0, 0.1) is 13.8 Å². The van der Waals surface area contributed by atoms with Gasteiger partial charge in [-0.15, -0.1) is 11.3 Å². The van der Waals surface area contributed by atoms with Crippen LogP contribution in [0.4, 0.5) is 0 Å². The van der Waals surface area contributed by atoms with E-state index in [1.165, 1.54) is 10.3 Å².